The van der Waals surface area contributed by atoms with E-state index in [1.165, 1.54) is 18.2 Å². The van der Waals surface area contributed by atoms with Crippen molar-refractivity contribution in [3.63, 3.8) is 0 Å². The summed E-state index contributed by atoms with van der Waals surface area (Å²) in [4.78, 5) is 13.8. The molecule has 3 rings (SSSR count). The summed E-state index contributed by atoms with van der Waals surface area (Å²) in [5, 5.41) is 0.000713. The molecule has 0 bridgehead atoms. The molecule has 0 spiro atoms. The number of fused-ring (bicyclic) bond motifs is 1. The van der Waals surface area contributed by atoms with E-state index in [1.54, 1.807) is 17.0 Å². The SMILES string of the molecule is Nc1ccc2c(c1)C(=O)N(c1ccc(F)c(Cl)c1)C2. The second-order valence-electron chi connectivity index (χ2n) is 4.41. The van der Waals surface area contributed by atoms with Gasteiger partial charge in [0.25, 0.3) is 5.91 Å². The van der Waals surface area contributed by atoms with Gasteiger partial charge >= 0.3 is 0 Å². The molecular formula is C14H10ClFN2O. The van der Waals surface area contributed by atoms with E-state index in [9.17, 15) is 9.18 Å². The summed E-state index contributed by atoms with van der Waals surface area (Å²) in [5.74, 6) is -0.649. The standard InChI is InChI=1S/C14H10ClFN2O/c15-12-6-10(3-4-13(12)16)18-7-8-1-2-9(17)5-11(8)14(18)19/h1-6H,7,17H2. The molecule has 5 heteroatoms. The van der Waals surface area contributed by atoms with Gasteiger partial charge in [-0.2, -0.15) is 0 Å². The van der Waals surface area contributed by atoms with Crippen LogP contribution in [0.15, 0.2) is 36.4 Å². The van der Waals surface area contributed by atoms with Gasteiger partial charge in [0, 0.05) is 16.9 Å². The highest BCUT2D eigenvalue weighted by Crippen LogP contribution is 2.31. The van der Waals surface area contributed by atoms with Crippen LogP contribution in [0, 0.1) is 5.82 Å². The number of nitrogens with two attached hydrogens (primary N) is 1. The van der Waals surface area contributed by atoms with Crippen molar-refractivity contribution in [3.05, 3.63) is 58.4 Å². The zero-order valence-electron chi connectivity index (χ0n) is 9.86. The van der Waals surface area contributed by atoms with Crippen LogP contribution in [0.2, 0.25) is 5.02 Å². The number of rotatable bonds is 1. The maximum atomic E-state index is 13.1. The fraction of sp³-hybridized carbons (Fsp3) is 0.0714. The number of nitrogen functional groups attached to an aromatic ring is 1. The van der Waals surface area contributed by atoms with Crippen molar-refractivity contribution in [3.8, 4) is 0 Å². The molecule has 96 valence electrons. The van der Waals surface area contributed by atoms with Crippen molar-refractivity contribution in [1.82, 2.24) is 0 Å². The molecule has 0 aliphatic carbocycles. The molecule has 1 heterocycles. The van der Waals surface area contributed by atoms with Gasteiger partial charge in [-0.05, 0) is 35.9 Å². The first-order valence-electron chi connectivity index (χ1n) is 5.71. The van der Waals surface area contributed by atoms with E-state index in [0.29, 0.717) is 23.5 Å². The van der Waals surface area contributed by atoms with E-state index < -0.39 is 5.82 Å². The summed E-state index contributed by atoms with van der Waals surface area (Å²) in [5.41, 5.74) is 8.29. The van der Waals surface area contributed by atoms with Crippen LogP contribution in [0.3, 0.4) is 0 Å². The normalized spacial score (nSPS) is 13.8. The van der Waals surface area contributed by atoms with Crippen LogP contribution in [0.4, 0.5) is 15.8 Å². The molecule has 1 aliphatic rings. The number of carbonyl (C=O) groups excluding carboxylic acids is 1. The summed E-state index contributed by atoms with van der Waals surface area (Å²) in [6, 6.07) is 9.48. The molecule has 2 aromatic rings. The van der Waals surface area contributed by atoms with Crippen molar-refractivity contribution in [2.75, 3.05) is 10.6 Å². The third-order valence-electron chi connectivity index (χ3n) is 3.15. The van der Waals surface area contributed by atoms with Gasteiger partial charge in [0.15, 0.2) is 0 Å². The molecule has 2 N–H and O–H groups in total. The van der Waals surface area contributed by atoms with Crippen LogP contribution in [-0.2, 0) is 6.54 Å². The number of anilines is 2. The van der Waals surface area contributed by atoms with Gasteiger partial charge in [-0.3, -0.25) is 4.79 Å². The monoisotopic (exact) mass is 276 g/mol. The molecule has 0 radical (unpaired) electrons. The molecule has 1 amide bonds. The quantitative estimate of drug-likeness (QED) is 0.813. The Balaban J connectivity index is 2.01. The highest BCUT2D eigenvalue weighted by Gasteiger charge is 2.28. The molecule has 0 saturated heterocycles. The number of carbonyl (C=O) groups is 1. The van der Waals surface area contributed by atoms with Crippen LogP contribution in [0.1, 0.15) is 15.9 Å². The minimum absolute atomic E-state index is 0.000713. The summed E-state index contributed by atoms with van der Waals surface area (Å²) in [6.07, 6.45) is 0. The van der Waals surface area contributed by atoms with Gasteiger partial charge in [-0.1, -0.05) is 17.7 Å². The number of nitrogens with zero attached hydrogens (tertiary/aromatic N) is 1. The first kappa shape index (κ1) is 12.0. The maximum Gasteiger partial charge on any atom is 0.259 e. The van der Waals surface area contributed by atoms with Crippen molar-refractivity contribution >= 4 is 28.9 Å². The minimum atomic E-state index is -0.501. The van der Waals surface area contributed by atoms with Crippen LogP contribution in [0.25, 0.3) is 0 Å². The number of halogens is 2. The molecule has 3 nitrogen and oxygen atoms in total. The van der Waals surface area contributed by atoms with E-state index in [-0.39, 0.29) is 10.9 Å². The molecule has 0 saturated carbocycles. The molecule has 1 aliphatic heterocycles. The van der Waals surface area contributed by atoms with E-state index >= 15 is 0 Å². The highest BCUT2D eigenvalue weighted by atomic mass is 35.5. The lowest BCUT2D eigenvalue weighted by atomic mass is 10.1. The third-order valence-corrected chi connectivity index (χ3v) is 3.44. The van der Waals surface area contributed by atoms with Crippen LogP contribution < -0.4 is 10.6 Å². The molecular weight excluding hydrogens is 267 g/mol. The second-order valence-corrected chi connectivity index (χ2v) is 4.81. The predicted octanol–water partition coefficient (Wildman–Crippen LogP) is 3.22. The third kappa shape index (κ3) is 1.94. The fourth-order valence-corrected chi connectivity index (χ4v) is 2.35. The number of hydrogen-bond acceptors (Lipinski definition) is 2. The van der Waals surface area contributed by atoms with E-state index in [0.717, 1.165) is 5.56 Å². The first-order valence-corrected chi connectivity index (χ1v) is 6.09. The molecule has 0 fully saturated rings. The Hall–Kier alpha value is -2.07. The van der Waals surface area contributed by atoms with Gasteiger partial charge < -0.3 is 10.6 Å². The topological polar surface area (TPSA) is 46.3 Å². The van der Waals surface area contributed by atoms with Crippen molar-refractivity contribution in [2.45, 2.75) is 6.54 Å². The Bertz CT molecular complexity index is 687. The van der Waals surface area contributed by atoms with Gasteiger partial charge in [0.2, 0.25) is 0 Å². The average molecular weight is 277 g/mol. The Labute approximate surface area is 114 Å². The van der Waals surface area contributed by atoms with Crippen LogP contribution in [-0.4, -0.2) is 5.91 Å². The summed E-state index contributed by atoms with van der Waals surface area (Å²) < 4.78 is 13.1. The number of amides is 1. The molecule has 2 aromatic carbocycles. The molecule has 0 atom stereocenters. The van der Waals surface area contributed by atoms with E-state index in [4.69, 9.17) is 17.3 Å². The Morgan fingerprint density at radius 2 is 2.00 bits per heavy atom. The smallest absolute Gasteiger partial charge is 0.259 e. The van der Waals surface area contributed by atoms with E-state index in [2.05, 4.69) is 0 Å². The zero-order chi connectivity index (χ0) is 13.6. The summed E-state index contributed by atoms with van der Waals surface area (Å²) in [7, 11) is 0. The van der Waals surface area contributed by atoms with Crippen molar-refractivity contribution in [1.29, 1.82) is 0 Å². The molecule has 0 unspecified atom stereocenters. The van der Waals surface area contributed by atoms with Gasteiger partial charge in [0.05, 0.1) is 11.6 Å². The van der Waals surface area contributed by atoms with Gasteiger partial charge in [0.1, 0.15) is 5.82 Å². The summed E-state index contributed by atoms with van der Waals surface area (Å²) in [6.45, 7) is 0.441. The fourth-order valence-electron chi connectivity index (χ4n) is 2.18. The van der Waals surface area contributed by atoms with Crippen molar-refractivity contribution in [2.24, 2.45) is 0 Å². The number of hydrogen-bond donors (Lipinski definition) is 1. The average Bonchev–Trinajstić information content (AvgIpc) is 2.70. The summed E-state index contributed by atoms with van der Waals surface area (Å²) >= 11 is 5.74. The Kier molecular flexibility index (Phi) is 2.68. The molecule has 0 aromatic heterocycles. The second kappa shape index (κ2) is 4.24. The Morgan fingerprint density at radius 3 is 2.74 bits per heavy atom. The number of benzene rings is 2. The Morgan fingerprint density at radius 1 is 1.21 bits per heavy atom. The largest absolute Gasteiger partial charge is 0.399 e. The highest BCUT2D eigenvalue weighted by molar-refractivity contribution is 6.31. The van der Waals surface area contributed by atoms with Crippen LogP contribution in [0.5, 0.6) is 0 Å². The zero-order valence-corrected chi connectivity index (χ0v) is 10.6. The predicted molar refractivity (Wildman–Crippen MR) is 72.8 cm³/mol. The minimum Gasteiger partial charge on any atom is -0.399 e. The molecule has 19 heavy (non-hydrogen) atoms. The van der Waals surface area contributed by atoms with Crippen LogP contribution >= 0.6 is 11.6 Å². The van der Waals surface area contributed by atoms with Gasteiger partial charge in [-0.15, -0.1) is 0 Å². The lowest BCUT2D eigenvalue weighted by molar-refractivity contribution is 0.0996. The van der Waals surface area contributed by atoms with Crippen molar-refractivity contribution < 1.29 is 9.18 Å². The van der Waals surface area contributed by atoms with E-state index in [1.807, 2.05) is 6.07 Å². The van der Waals surface area contributed by atoms with Gasteiger partial charge in [-0.25, -0.2) is 4.39 Å². The first-order chi connectivity index (χ1) is 9.06. The lowest BCUT2D eigenvalue weighted by Gasteiger charge is -2.16. The maximum absolute atomic E-state index is 13.1. The lowest BCUT2D eigenvalue weighted by Crippen LogP contribution is -2.22.